The zero-order chi connectivity index (χ0) is 19.2. The van der Waals surface area contributed by atoms with Crippen molar-refractivity contribution in [1.29, 1.82) is 0 Å². The zero-order valence-electron chi connectivity index (χ0n) is 16.3. The summed E-state index contributed by atoms with van der Waals surface area (Å²) in [5.41, 5.74) is 0.918. The van der Waals surface area contributed by atoms with Crippen molar-refractivity contribution in [2.24, 2.45) is 0 Å². The van der Waals surface area contributed by atoms with E-state index in [1.54, 1.807) is 13.4 Å². The van der Waals surface area contributed by atoms with E-state index in [-0.39, 0.29) is 11.2 Å². The molecule has 1 aromatic heterocycles. The molecule has 3 rings (SSSR count). The molecule has 2 aromatic rings. The van der Waals surface area contributed by atoms with Crippen LogP contribution in [0.15, 0.2) is 35.7 Å². The highest BCUT2D eigenvalue weighted by Crippen LogP contribution is 2.29. The number of aromatic nitrogens is 3. The Morgan fingerprint density at radius 2 is 2.15 bits per heavy atom. The average Bonchev–Trinajstić information content (AvgIpc) is 3.17. The Balaban J connectivity index is 1.73. The fourth-order valence-corrected chi connectivity index (χ4v) is 4.58. The van der Waals surface area contributed by atoms with Gasteiger partial charge in [-0.3, -0.25) is 9.36 Å². The molecular formula is C20H28N4O2S. The third-order valence-corrected chi connectivity index (χ3v) is 6.16. The second kappa shape index (κ2) is 9.26. The molecule has 1 saturated carbocycles. The molecule has 1 aliphatic rings. The first-order chi connectivity index (χ1) is 13.1. The summed E-state index contributed by atoms with van der Waals surface area (Å²) in [6.07, 6.45) is 7.65. The van der Waals surface area contributed by atoms with Crippen LogP contribution in [0.5, 0.6) is 5.75 Å². The fraction of sp³-hybridized carbons (Fsp3) is 0.550. The molecule has 6 nitrogen and oxygen atoms in total. The molecule has 0 aliphatic heterocycles. The topological polar surface area (TPSA) is 60.2 Å². The molecule has 1 heterocycles. The number of carbonyl (C=O) groups is 1. The lowest BCUT2D eigenvalue weighted by Crippen LogP contribution is -2.44. The summed E-state index contributed by atoms with van der Waals surface area (Å²) in [6, 6.07) is 8.12. The van der Waals surface area contributed by atoms with Crippen LogP contribution in [0.1, 0.15) is 46.0 Å². The van der Waals surface area contributed by atoms with Gasteiger partial charge in [0.05, 0.1) is 18.0 Å². The molecule has 1 fully saturated rings. The minimum Gasteiger partial charge on any atom is -0.497 e. The smallest absolute Gasteiger partial charge is 0.236 e. The predicted octanol–water partition coefficient (Wildman–Crippen LogP) is 3.94. The standard InChI is InChI=1S/C20H28N4O2S/c1-4-23(16-9-6-5-7-10-16)19(25)15(2)27-20-22-21-14-24(20)17-11-8-12-18(13-17)26-3/h8,11-16H,4-7,9-10H2,1-3H3/t15-/m0/s1. The molecule has 0 spiro atoms. The Morgan fingerprint density at radius 1 is 1.37 bits per heavy atom. The lowest BCUT2D eigenvalue weighted by Gasteiger charge is -2.35. The third kappa shape index (κ3) is 4.64. The van der Waals surface area contributed by atoms with E-state index in [1.165, 1.54) is 31.0 Å². The number of carbonyl (C=O) groups excluding carboxylic acids is 1. The quantitative estimate of drug-likeness (QED) is 0.673. The molecule has 0 N–H and O–H groups in total. The predicted molar refractivity (Wildman–Crippen MR) is 107 cm³/mol. The Hall–Kier alpha value is -2.02. The van der Waals surface area contributed by atoms with Gasteiger partial charge in [-0.15, -0.1) is 10.2 Å². The van der Waals surface area contributed by atoms with Crippen molar-refractivity contribution >= 4 is 17.7 Å². The van der Waals surface area contributed by atoms with E-state index < -0.39 is 0 Å². The van der Waals surface area contributed by atoms with Gasteiger partial charge in [-0.1, -0.05) is 37.1 Å². The summed E-state index contributed by atoms with van der Waals surface area (Å²) >= 11 is 1.46. The summed E-state index contributed by atoms with van der Waals surface area (Å²) in [7, 11) is 1.65. The second-order valence-electron chi connectivity index (χ2n) is 6.86. The van der Waals surface area contributed by atoms with Gasteiger partial charge in [0.1, 0.15) is 12.1 Å². The molecule has 27 heavy (non-hydrogen) atoms. The molecule has 0 radical (unpaired) electrons. The van der Waals surface area contributed by atoms with Gasteiger partial charge in [-0.05, 0) is 38.8 Å². The summed E-state index contributed by atoms with van der Waals surface area (Å²) in [6.45, 7) is 4.79. The number of ether oxygens (including phenoxy) is 1. The molecular weight excluding hydrogens is 360 g/mol. The summed E-state index contributed by atoms with van der Waals surface area (Å²) < 4.78 is 7.20. The molecule has 1 aliphatic carbocycles. The minimum atomic E-state index is -0.208. The van der Waals surface area contributed by atoms with E-state index >= 15 is 0 Å². The number of hydrogen-bond donors (Lipinski definition) is 0. The van der Waals surface area contributed by atoms with Crippen LogP contribution in [-0.4, -0.2) is 50.5 Å². The molecule has 0 unspecified atom stereocenters. The highest BCUT2D eigenvalue weighted by atomic mass is 32.2. The number of benzene rings is 1. The molecule has 0 saturated heterocycles. The fourth-order valence-electron chi connectivity index (χ4n) is 3.67. The van der Waals surface area contributed by atoms with Crippen molar-refractivity contribution in [2.75, 3.05) is 13.7 Å². The van der Waals surface area contributed by atoms with Crippen LogP contribution in [0.3, 0.4) is 0 Å². The lowest BCUT2D eigenvalue weighted by molar-refractivity contribution is -0.133. The first-order valence-electron chi connectivity index (χ1n) is 9.65. The number of hydrogen-bond acceptors (Lipinski definition) is 5. The molecule has 1 aromatic carbocycles. The van der Waals surface area contributed by atoms with Crippen LogP contribution < -0.4 is 4.74 Å². The van der Waals surface area contributed by atoms with Crippen molar-refractivity contribution in [1.82, 2.24) is 19.7 Å². The first kappa shape index (κ1) is 19.7. The van der Waals surface area contributed by atoms with Gasteiger partial charge < -0.3 is 9.64 Å². The van der Waals surface area contributed by atoms with Crippen LogP contribution in [0, 0.1) is 0 Å². The van der Waals surface area contributed by atoms with Crippen LogP contribution >= 0.6 is 11.8 Å². The molecule has 1 amide bonds. The Kier molecular flexibility index (Phi) is 6.77. The van der Waals surface area contributed by atoms with Crippen LogP contribution in [0.4, 0.5) is 0 Å². The van der Waals surface area contributed by atoms with Gasteiger partial charge in [-0.2, -0.15) is 0 Å². The maximum atomic E-state index is 13.1. The molecule has 0 bridgehead atoms. The van der Waals surface area contributed by atoms with E-state index in [2.05, 4.69) is 22.0 Å². The van der Waals surface area contributed by atoms with Crippen LogP contribution in [0.25, 0.3) is 5.69 Å². The summed E-state index contributed by atoms with van der Waals surface area (Å²) in [5, 5.41) is 8.78. The van der Waals surface area contributed by atoms with E-state index in [0.717, 1.165) is 30.8 Å². The van der Waals surface area contributed by atoms with Gasteiger partial charge in [0.25, 0.3) is 0 Å². The lowest BCUT2D eigenvalue weighted by atomic mass is 9.94. The van der Waals surface area contributed by atoms with Gasteiger partial charge in [0.15, 0.2) is 5.16 Å². The van der Waals surface area contributed by atoms with Crippen molar-refractivity contribution in [3.63, 3.8) is 0 Å². The van der Waals surface area contributed by atoms with Gasteiger partial charge in [0, 0.05) is 18.7 Å². The minimum absolute atomic E-state index is 0.189. The highest BCUT2D eigenvalue weighted by Gasteiger charge is 2.28. The molecule has 146 valence electrons. The monoisotopic (exact) mass is 388 g/mol. The third-order valence-electron chi connectivity index (χ3n) is 5.12. The largest absolute Gasteiger partial charge is 0.497 e. The van der Waals surface area contributed by atoms with Gasteiger partial charge >= 0.3 is 0 Å². The Bertz CT molecular complexity index is 758. The highest BCUT2D eigenvalue weighted by molar-refractivity contribution is 8.00. The molecule has 1 atom stereocenters. The Morgan fingerprint density at radius 3 is 2.85 bits per heavy atom. The maximum Gasteiger partial charge on any atom is 0.236 e. The van der Waals surface area contributed by atoms with E-state index in [9.17, 15) is 4.79 Å². The van der Waals surface area contributed by atoms with Gasteiger partial charge in [0.2, 0.25) is 5.91 Å². The average molecular weight is 389 g/mol. The molecule has 7 heteroatoms. The van der Waals surface area contributed by atoms with Crippen molar-refractivity contribution in [3.05, 3.63) is 30.6 Å². The van der Waals surface area contributed by atoms with Gasteiger partial charge in [-0.25, -0.2) is 0 Å². The number of thioether (sulfide) groups is 1. The Labute approximate surface area is 165 Å². The summed E-state index contributed by atoms with van der Waals surface area (Å²) in [5.74, 6) is 0.963. The number of amides is 1. The van der Waals surface area contributed by atoms with Crippen LogP contribution in [0.2, 0.25) is 0 Å². The number of rotatable bonds is 7. The van der Waals surface area contributed by atoms with Crippen molar-refractivity contribution in [2.45, 2.75) is 62.4 Å². The van der Waals surface area contributed by atoms with Crippen LogP contribution in [-0.2, 0) is 4.79 Å². The zero-order valence-corrected chi connectivity index (χ0v) is 17.1. The SMILES string of the molecule is CCN(C(=O)[C@H](C)Sc1nncn1-c1cccc(OC)c1)C1CCCCC1. The van der Waals surface area contributed by atoms with Crippen molar-refractivity contribution < 1.29 is 9.53 Å². The van der Waals surface area contributed by atoms with E-state index in [0.29, 0.717) is 11.2 Å². The first-order valence-corrected chi connectivity index (χ1v) is 10.5. The second-order valence-corrected chi connectivity index (χ2v) is 8.17. The van der Waals surface area contributed by atoms with E-state index in [4.69, 9.17) is 4.74 Å². The normalized spacial score (nSPS) is 16.1. The number of nitrogens with zero attached hydrogens (tertiary/aromatic N) is 4. The van der Waals surface area contributed by atoms with E-state index in [1.807, 2.05) is 35.8 Å². The number of methoxy groups -OCH3 is 1. The van der Waals surface area contributed by atoms with Crippen molar-refractivity contribution in [3.8, 4) is 11.4 Å². The summed E-state index contributed by atoms with van der Waals surface area (Å²) in [4.78, 5) is 15.1. The maximum absolute atomic E-state index is 13.1.